The molecule has 0 spiro atoms. The van der Waals surface area contributed by atoms with Crippen LogP contribution in [0.25, 0.3) is 0 Å². The summed E-state index contributed by atoms with van der Waals surface area (Å²) in [6.07, 6.45) is 0.706. The van der Waals surface area contributed by atoms with Crippen LogP contribution in [0.1, 0.15) is 35.3 Å². The van der Waals surface area contributed by atoms with E-state index in [0.29, 0.717) is 48.8 Å². The van der Waals surface area contributed by atoms with Crippen LogP contribution in [0.15, 0.2) is 48.5 Å². The Hall–Kier alpha value is -3.06. The van der Waals surface area contributed by atoms with E-state index in [2.05, 4.69) is 10.6 Å². The van der Waals surface area contributed by atoms with E-state index in [1.165, 1.54) is 0 Å². The molecule has 0 saturated carbocycles. The fourth-order valence-electron chi connectivity index (χ4n) is 2.83. The van der Waals surface area contributed by atoms with Crippen molar-refractivity contribution in [3.05, 3.63) is 59.7 Å². The molecule has 0 aromatic heterocycles. The van der Waals surface area contributed by atoms with Gasteiger partial charge in [-0.2, -0.15) is 0 Å². The van der Waals surface area contributed by atoms with E-state index in [0.717, 1.165) is 0 Å². The molecule has 1 unspecified atom stereocenters. The zero-order chi connectivity index (χ0) is 19.8. The maximum atomic E-state index is 12.7. The van der Waals surface area contributed by atoms with Gasteiger partial charge in [0.05, 0.1) is 0 Å². The maximum absolute atomic E-state index is 12.7. The number of fused-ring (bicyclic) bond motifs is 1. The minimum Gasteiger partial charge on any atom is -0.454 e. The van der Waals surface area contributed by atoms with Gasteiger partial charge in [0.25, 0.3) is 5.91 Å². The number of amides is 2. The standard InChI is InChI=1S/C21H24N2O5/c1-2-26-12-6-11-22-21(25)19(15-7-4-3-5-8-15)23-20(24)16-9-10-17-18(13-16)28-14-27-17/h3-5,7-10,13,19H,2,6,11-12,14H2,1H3,(H,22,25)(H,23,24). The van der Waals surface area contributed by atoms with Gasteiger partial charge in [-0.1, -0.05) is 30.3 Å². The number of nitrogens with one attached hydrogen (secondary N) is 2. The van der Waals surface area contributed by atoms with Crippen LogP contribution in [0.5, 0.6) is 11.5 Å². The zero-order valence-electron chi connectivity index (χ0n) is 15.8. The van der Waals surface area contributed by atoms with Crippen molar-refractivity contribution in [2.75, 3.05) is 26.6 Å². The average molecular weight is 384 g/mol. The summed E-state index contributed by atoms with van der Waals surface area (Å²) in [4.78, 5) is 25.5. The van der Waals surface area contributed by atoms with E-state index in [-0.39, 0.29) is 18.6 Å². The van der Waals surface area contributed by atoms with E-state index in [1.807, 2.05) is 37.3 Å². The average Bonchev–Trinajstić information content (AvgIpc) is 3.20. The first-order valence-corrected chi connectivity index (χ1v) is 9.30. The normalized spacial score (nSPS) is 13.0. The van der Waals surface area contributed by atoms with Crippen LogP contribution in [0.2, 0.25) is 0 Å². The molecule has 1 atom stereocenters. The Morgan fingerprint density at radius 2 is 1.89 bits per heavy atom. The van der Waals surface area contributed by atoms with Gasteiger partial charge in [-0.25, -0.2) is 0 Å². The van der Waals surface area contributed by atoms with Crippen molar-refractivity contribution >= 4 is 11.8 Å². The van der Waals surface area contributed by atoms with E-state index < -0.39 is 6.04 Å². The number of hydrogen-bond donors (Lipinski definition) is 2. The third kappa shape index (κ3) is 5.01. The molecule has 2 amide bonds. The minimum absolute atomic E-state index is 0.136. The highest BCUT2D eigenvalue weighted by Crippen LogP contribution is 2.32. The van der Waals surface area contributed by atoms with Crippen molar-refractivity contribution in [2.45, 2.75) is 19.4 Å². The molecule has 0 fully saturated rings. The summed E-state index contributed by atoms with van der Waals surface area (Å²) in [5, 5.41) is 5.67. The monoisotopic (exact) mass is 384 g/mol. The quantitative estimate of drug-likeness (QED) is 0.649. The molecule has 0 radical (unpaired) electrons. The molecule has 1 heterocycles. The van der Waals surface area contributed by atoms with Crippen molar-refractivity contribution in [3.63, 3.8) is 0 Å². The molecule has 1 aliphatic heterocycles. The lowest BCUT2D eigenvalue weighted by atomic mass is 10.1. The van der Waals surface area contributed by atoms with Crippen LogP contribution in [0.4, 0.5) is 0 Å². The van der Waals surface area contributed by atoms with E-state index in [4.69, 9.17) is 14.2 Å². The Bertz CT molecular complexity index is 810. The van der Waals surface area contributed by atoms with E-state index in [9.17, 15) is 9.59 Å². The van der Waals surface area contributed by atoms with Crippen molar-refractivity contribution < 1.29 is 23.8 Å². The molecule has 2 aromatic rings. The van der Waals surface area contributed by atoms with Gasteiger partial charge < -0.3 is 24.8 Å². The van der Waals surface area contributed by atoms with Crippen LogP contribution in [0.3, 0.4) is 0 Å². The minimum atomic E-state index is -0.800. The van der Waals surface area contributed by atoms with Gasteiger partial charge in [0.1, 0.15) is 6.04 Å². The van der Waals surface area contributed by atoms with Gasteiger partial charge in [-0.15, -0.1) is 0 Å². The number of carbonyl (C=O) groups is 2. The number of carbonyl (C=O) groups excluding carboxylic acids is 2. The van der Waals surface area contributed by atoms with Crippen molar-refractivity contribution in [1.82, 2.24) is 10.6 Å². The first-order valence-electron chi connectivity index (χ1n) is 9.30. The van der Waals surface area contributed by atoms with Gasteiger partial charge in [0.2, 0.25) is 12.7 Å². The summed E-state index contributed by atoms with van der Waals surface area (Å²) in [6.45, 7) is 3.76. The van der Waals surface area contributed by atoms with Crippen LogP contribution >= 0.6 is 0 Å². The number of benzene rings is 2. The second-order valence-electron chi connectivity index (χ2n) is 6.23. The van der Waals surface area contributed by atoms with Crippen molar-refractivity contribution in [2.24, 2.45) is 0 Å². The highest BCUT2D eigenvalue weighted by Gasteiger charge is 2.24. The van der Waals surface area contributed by atoms with Gasteiger partial charge in [0, 0.05) is 25.3 Å². The first kappa shape index (κ1) is 19.7. The highest BCUT2D eigenvalue weighted by atomic mass is 16.7. The third-order valence-electron chi connectivity index (χ3n) is 4.27. The summed E-state index contributed by atoms with van der Waals surface area (Å²) in [7, 11) is 0. The van der Waals surface area contributed by atoms with Gasteiger partial charge in [0.15, 0.2) is 11.5 Å². The molecular weight excluding hydrogens is 360 g/mol. The Kier molecular flexibility index (Phi) is 6.86. The molecule has 0 bridgehead atoms. The number of hydrogen-bond acceptors (Lipinski definition) is 5. The summed E-state index contributed by atoms with van der Waals surface area (Å²) in [5.41, 5.74) is 1.10. The molecule has 28 heavy (non-hydrogen) atoms. The summed E-state index contributed by atoms with van der Waals surface area (Å²) < 4.78 is 15.9. The lowest BCUT2D eigenvalue weighted by Crippen LogP contribution is -2.40. The Labute approximate surface area is 164 Å². The molecule has 7 nitrogen and oxygen atoms in total. The smallest absolute Gasteiger partial charge is 0.252 e. The predicted octanol–water partition coefficient (Wildman–Crippen LogP) is 2.43. The third-order valence-corrected chi connectivity index (χ3v) is 4.27. The van der Waals surface area contributed by atoms with Crippen molar-refractivity contribution in [3.8, 4) is 11.5 Å². The second-order valence-corrected chi connectivity index (χ2v) is 6.23. The largest absolute Gasteiger partial charge is 0.454 e. The van der Waals surface area contributed by atoms with Crippen LogP contribution in [-0.2, 0) is 9.53 Å². The zero-order valence-corrected chi connectivity index (χ0v) is 15.8. The van der Waals surface area contributed by atoms with Gasteiger partial charge >= 0.3 is 0 Å². The summed E-state index contributed by atoms with van der Waals surface area (Å²) >= 11 is 0. The fraction of sp³-hybridized carbons (Fsp3) is 0.333. The lowest BCUT2D eigenvalue weighted by Gasteiger charge is -2.19. The molecular formula is C21H24N2O5. The molecule has 1 aliphatic rings. The van der Waals surface area contributed by atoms with E-state index >= 15 is 0 Å². The molecule has 2 N–H and O–H groups in total. The van der Waals surface area contributed by atoms with Crippen LogP contribution in [-0.4, -0.2) is 38.4 Å². The van der Waals surface area contributed by atoms with E-state index in [1.54, 1.807) is 18.2 Å². The summed E-state index contributed by atoms with van der Waals surface area (Å²) in [6, 6.07) is 13.3. The van der Waals surface area contributed by atoms with Crippen LogP contribution in [0, 0.1) is 0 Å². The number of ether oxygens (including phenoxy) is 3. The molecule has 148 valence electrons. The van der Waals surface area contributed by atoms with Crippen molar-refractivity contribution in [1.29, 1.82) is 0 Å². The van der Waals surface area contributed by atoms with Crippen LogP contribution < -0.4 is 20.1 Å². The first-order chi connectivity index (χ1) is 13.7. The van der Waals surface area contributed by atoms with Gasteiger partial charge in [-0.3, -0.25) is 9.59 Å². The van der Waals surface area contributed by atoms with Gasteiger partial charge in [-0.05, 0) is 37.1 Å². The Morgan fingerprint density at radius 1 is 1.11 bits per heavy atom. The topological polar surface area (TPSA) is 85.9 Å². The molecule has 7 heteroatoms. The maximum Gasteiger partial charge on any atom is 0.252 e. The molecule has 2 aromatic carbocycles. The molecule has 0 aliphatic carbocycles. The number of rotatable bonds is 9. The molecule has 3 rings (SSSR count). The Balaban J connectivity index is 1.68. The highest BCUT2D eigenvalue weighted by molar-refractivity contribution is 5.98. The summed E-state index contributed by atoms with van der Waals surface area (Å²) in [5.74, 6) is 0.487. The lowest BCUT2D eigenvalue weighted by molar-refractivity contribution is -0.123. The second kappa shape index (κ2) is 9.75. The molecule has 0 saturated heterocycles. The SMILES string of the molecule is CCOCCCNC(=O)C(NC(=O)c1ccc2c(c1)OCO2)c1ccccc1. The fourth-order valence-corrected chi connectivity index (χ4v) is 2.83. The predicted molar refractivity (Wildman–Crippen MR) is 103 cm³/mol. The Morgan fingerprint density at radius 3 is 2.68 bits per heavy atom.